The first kappa shape index (κ1) is 7.81. The van der Waals surface area contributed by atoms with Crippen molar-refractivity contribution in [1.29, 1.82) is 0 Å². The third kappa shape index (κ3) is 2.09. The Bertz CT molecular complexity index is 291. The van der Waals surface area contributed by atoms with E-state index in [-0.39, 0.29) is 5.82 Å². The van der Waals surface area contributed by atoms with E-state index in [1.54, 1.807) is 18.2 Å². The van der Waals surface area contributed by atoms with Gasteiger partial charge in [-0.05, 0) is 19.1 Å². The zero-order valence-corrected chi connectivity index (χ0v) is 6.10. The summed E-state index contributed by atoms with van der Waals surface area (Å²) in [6, 6.07) is 6.45. The van der Waals surface area contributed by atoms with Crippen LogP contribution in [0.5, 0.6) is 0 Å². The fraction of sp³-hybridized carbons (Fsp3) is 0.100. The lowest BCUT2D eigenvalue weighted by atomic mass is 10.2. The SMILES string of the molecule is [CH2]CC#Cc1ccccc1F. The van der Waals surface area contributed by atoms with Gasteiger partial charge in [-0.1, -0.05) is 24.0 Å². The van der Waals surface area contributed by atoms with Crippen molar-refractivity contribution in [3.63, 3.8) is 0 Å². The Labute approximate surface area is 66.1 Å². The van der Waals surface area contributed by atoms with Crippen LogP contribution in [-0.4, -0.2) is 0 Å². The van der Waals surface area contributed by atoms with E-state index in [0.29, 0.717) is 12.0 Å². The molecule has 1 rings (SSSR count). The maximum atomic E-state index is 12.8. The summed E-state index contributed by atoms with van der Waals surface area (Å²) in [4.78, 5) is 0. The van der Waals surface area contributed by atoms with Gasteiger partial charge in [0, 0.05) is 6.42 Å². The van der Waals surface area contributed by atoms with Crippen LogP contribution in [0.1, 0.15) is 12.0 Å². The van der Waals surface area contributed by atoms with E-state index in [9.17, 15) is 4.39 Å². The zero-order valence-electron chi connectivity index (χ0n) is 6.10. The minimum Gasteiger partial charge on any atom is -0.206 e. The summed E-state index contributed by atoms with van der Waals surface area (Å²) in [7, 11) is 0. The minimum atomic E-state index is -0.270. The number of rotatable bonds is 0. The number of hydrogen-bond donors (Lipinski definition) is 0. The molecular formula is C10H8F. The molecule has 0 spiro atoms. The highest BCUT2D eigenvalue weighted by atomic mass is 19.1. The molecule has 55 valence electrons. The van der Waals surface area contributed by atoms with E-state index < -0.39 is 0 Å². The molecule has 1 aromatic rings. The summed E-state index contributed by atoms with van der Waals surface area (Å²) in [6.45, 7) is 3.53. The molecule has 0 N–H and O–H groups in total. The first-order valence-electron chi connectivity index (χ1n) is 3.37. The average Bonchev–Trinajstić information content (AvgIpc) is 2.03. The smallest absolute Gasteiger partial charge is 0.138 e. The van der Waals surface area contributed by atoms with Crippen LogP contribution in [0.2, 0.25) is 0 Å². The van der Waals surface area contributed by atoms with E-state index in [4.69, 9.17) is 0 Å². The molecule has 0 atom stereocenters. The highest BCUT2D eigenvalue weighted by molar-refractivity contribution is 5.35. The molecule has 11 heavy (non-hydrogen) atoms. The molecule has 0 fully saturated rings. The molecule has 0 bridgehead atoms. The lowest BCUT2D eigenvalue weighted by molar-refractivity contribution is 0.624. The molecule has 1 aromatic carbocycles. The maximum Gasteiger partial charge on any atom is 0.138 e. The van der Waals surface area contributed by atoms with E-state index in [2.05, 4.69) is 18.8 Å². The van der Waals surface area contributed by atoms with Crippen molar-refractivity contribution < 1.29 is 4.39 Å². The summed E-state index contributed by atoms with van der Waals surface area (Å²) < 4.78 is 12.8. The fourth-order valence-electron chi connectivity index (χ4n) is 0.720. The minimum absolute atomic E-state index is 0.270. The van der Waals surface area contributed by atoms with Crippen LogP contribution in [0.4, 0.5) is 4.39 Å². The largest absolute Gasteiger partial charge is 0.206 e. The zero-order chi connectivity index (χ0) is 8.10. The molecule has 0 aliphatic heterocycles. The summed E-state index contributed by atoms with van der Waals surface area (Å²) >= 11 is 0. The monoisotopic (exact) mass is 147 g/mol. The third-order valence-corrected chi connectivity index (χ3v) is 1.22. The van der Waals surface area contributed by atoms with Gasteiger partial charge in [0.15, 0.2) is 0 Å². The Morgan fingerprint density at radius 2 is 2.09 bits per heavy atom. The molecule has 0 aliphatic carbocycles. The van der Waals surface area contributed by atoms with E-state index in [1.165, 1.54) is 6.07 Å². The molecule has 0 saturated carbocycles. The fourth-order valence-corrected chi connectivity index (χ4v) is 0.720. The third-order valence-electron chi connectivity index (χ3n) is 1.22. The van der Waals surface area contributed by atoms with Crippen LogP contribution < -0.4 is 0 Å². The molecule has 0 nitrogen and oxygen atoms in total. The number of hydrogen-bond acceptors (Lipinski definition) is 0. The second-order valence-corrected chi connectivity index (χ2v) is 2.03. The van der Waals surface area contributed by atoms with Crippen molar-refractivity contribution in [1.82, 2.24) is 0 Å². The molecule has 1 radical (unpaired) electrons. The lowest BCUT2D eigenvalue weighted by Crippen LogP contribution is -1.80. The van der Waals surface area contributed by atoms with Crippen molar-refractivity contribution in [2.45, 2.75) is 6.42 Å². The highest BCUT2D eigenvalue weighted by Gasteiger charge is 1.93. The van der Waals surface area contributed by atoms with Gasteiger partial charge in [-0.15, -0.1) is 0 Å². The highest BCUT2D eigenvalue weighted by Crippen LogP contribution is 2.03. The average molecular weight is 147 g/mol. The molecular weight excluding hydrogens is 139 g/mol. The molecule has 0 aromatic heterocycles. The lowest BCUT2D eigenvalue weighted by Gasteiger charge is -1.90. The Morgan fingerprint density at radius 1 is 1.36 bits per heavy atom. The Kier molecular flexibility index (Phi) is 2.68. The quantitative estimate of drug-likeness (QED) is 0.494. The molecule has 0 heterocycles. The van der Waals surface area contributed by atoms with Crippen molar-refractivity contribution in [3.05, 3.63) is 42.6 Å². The Hall–Kier alpha value is -1.29. The molecule has 0 unspecified atom stereocenters. The van der Waals surface area contributed by atoms with Gasteiger partial charge < -0.3 is 0 Å². The predicted octanol–water partition coefficient (Wildman–Crippen LogP) is 2.40. The summed E-state index contributed by atoms with van der Waals surface area (Å²) in [5.41, 5.74) is 0.441. The second kappa shape index (κ2) is 3.78. The summed E-state index contributed by atoms with van der Waals surface area (Å²) in [5, 5.41) is 0. The van der Waals surface area contributed by atoms with Crippen LogP contribution >= 0.6 is 0 Å². The van der Waals surface area contributed by atoms with Crippen LogP contribution in [-0.2, 0) is 0 Å². The topological polar surface area (TPSA) is 0 Å². The van der Waals surface area contributed by atoms with Crippen LogP contribution in [0.15, 0.2) is 24.3 Å². The van der Waals surface area contributed by atoms with Gasteiger partial charge in [0.1, 0.15) is 5.82 Å². The normalized spacial score (nSPS) is 8.55. The number of benzene rings is 1. The number of halogens is 1. The van der Waals surface area contributed by atoms with E-state index in [1.807, 2.05) is 0 Å². The van der Waals surface area contributed by atoms with Gasteiger partial charge >= 0.3 is 0 Å². The molecule has 0 saturated heterocycles. The van der Waals surface area contributed by atoms with Gasteiger partial charge in [-0.2, -0.15) is 0 Å². The summed E-state index contributed by atoms with van der Waals surface area (Å²) in [5.74, 6) is 5.11. The van der Waals surface area contributed by atoms with Gasteiger partial charge in [0.05, 0.1) is 5.56 Å². The van der Waals surface area contributed by atoms with Crippen molar-refractivity contribution >= 4 is 0 Å². The second-order valence-electron chi connectivity index (χ2n) is 2.03. The van der Waals surface area contributed by atoms with Gasteiger partial charge in [-0.3, -0.25) is 0 Å². The van der Waals surface area contributed by atoms with Crippen LogP contribution in [0.25, 0.3) is 0 Å². The van der Waals surface area contributed by atoms with Crippen LogP contribution in [0, 0.1) is 24.6 Å². The van der Waals surface area contributed by atoms with Crippen molar-refractivity contribution in [2.75, 3.05) is 0 Å². The van der Waals surface area contributed by atoms with Gasteiger partial charge in [0.25, 0.3) is 0 Å². The Morgan fingerprint density at radius 3 is 2.73 bits per heavy atom. The maximum absolute atomic E-state index is 12.8. The standard InChI is InChI=1S/C10H8F/c1-2-3-6-9-7-4-5-8-10(9)11/h4-5,7-8H,1-2H2. The predicted molar refractivity (Wildman–Crippen MR) is 43.3 cm³/mol. The molecule has 0 aliphatic rings. The van der Waals surface area contributed by atoms with Crippen molar-refractivity contribution in [2.24, 2.45) is 0 Å². The molecule has 1 heteroatoms. The van der Waals surface area contributed by atoms with E-state index in [0.717, 1.165) is 0 Å². The first-order chi connectivity index (χ1) is 5.34. The Balaban J connectivity index is 2.95. The van der Waals surface area contributed by atoms with Crippen LogP contribution in [0.3, 0.4) is 0 Å². The van der Waals surface area contributed by atoms with Crippen molar-refractivity contribution in [3.8, 4) is 11.8 Å². The molecule has 0 amide bonds. The van der Waals surface area contributed by atoms with Gasteiger partial charge in [0.2, 0.25) is 0 Å². The van der Waals surface area contributed by atoms with Gasteiger partial charge in [-0.25, -0.2) is 4.39 Å². The summed E-state index contributed by atoms with van der Waals surface area (Å²) in [6.07, 6.45) is 0.508. The first-order valence-corrected chi connectivity index (χ1v) is 3.37. The van der Waals surface area contributed by atoms with E-state index >= 15 is 0 Å².